The summed E-state index contributed by atoms with van der Waals surface area (Å²) in [6.07, 6.45) is 4.11. The molecule has 0 aliphatic heterocycles. The summed E-state index contributed by atoms with van der Waals surface area (Å²) in [5.74, 6) is 1.23. The van der Waals surface area contributed by atoms with E-state index in [0.29, 0.717) is 12.2 Å². The molecule has 3 atom stereocenters. The van der Waals surface area contributed by atoms with Gasteiger partial charge >= 0.3 is 0 Å². The van der Waals surface area contributed by atoms with Crippen LogP contribution in [0.4, 0.5) is 10.1 Å². The molecule has 2 rings (SSSR count). The van der Waals surface area contributed by atoms with Gasteiger partial charge in [0.25, 0.3) is 0 Å². The molecule has 0 saturated heterocycles. The number of nitrogens with one attached hydrogen (secondary N) is 2. The summed E-state index contributed by atoms with van der Waals surface area (Å²) in [5.41, 5.74) is 1.41. The predicted molar refractivity (Wildman–Crippen MR) is 113 cm³/mol. The third-order valence-electron chi connectivity index (χ3n) is 4.88. The quantitative estimate of drug-likeness (QED) is 0.549. The van der Waals surface area contributed by atoms with Gasteiger partial charge in [-0.1, -0.05) is 19.4 Å². The van der Waals surface area contributed by atoms with Gasteiger partial charge in [-0.05, 0) is 43.9 Å². The van der Waals surface area contributed by atoms with Crippen molar-refractivity contribution in [2.75, 3.05) is 31.3 Å². The number of aliphatic imine (C=N–C) groups is 1. The Morgan fingerprint density at radius 2 is 2.11 bits per heavy atom. The zero-order chi connectivity index (χ0) is 19.8. The van der Waals surface area contributed by atoms with E-state index in [-0.39, 0.29) is 17.1 Å². The summed E-state index contributed by atoms with van der Waals surface area (Å²) >= 11 is 0. The molecule has 0 aromatic heterocycles. The lowest BCUT2D eigenvalue weighted by molar-refractivity contribution is 0.413. The molecule has 1 fully saturated rings. The molecule has 1 aromatic carbocycles. The second-order valence-corrected chi connectivity index (χ2v) is 9.18. The molecule has 0 bridgehead atoms. The van der Waals surface area contributed by atoms with Crippen LogP contribution in [0.15, 0.2) is 23.2 Å². The highest BCUT2D eigenvalue weighted by atomic mass is 32.2. The highest BCUT2D eigenvalue weighted by Crippen LogP contribution is 2.23. The van der Waals surface area contributed by atoms with Gasteiger partial charge in [-0.15, -0.1) is 0 Å². The molecular formula is C20H33FN4OS. The van der Waals surface area contributed by atoms with Gasteiger partial charge in [-0.3, -0.25) is 4.21 Å². The van der Waals surface area contributed by atoms with E-state index in [9.17, 15) is 8.60 Å². The number of guanidine groups is 1. The number of halogens is 1. The van der Waals surface area contributed by atoms with E-state index in [2.05, 4.69) is 15.6 Å². The number of anilines is 1. The molecule has 1 aliphatic carbocycles. The van der Waals surface area contributed by atoms with Crippen molar-refractivity contribution >= 4 is 22.4 Å². The van der Waals surface area contributed by atoms with Crippen molar-refractivity contribution in [2.45, 2.75) is 57.4 Å². The van der Waals surface area contributed by atoms with Crippen molar-refractivity contribution in [3.63, 3.8) is 0 Å². The SMILES string of the molecule is CCNC(=NCc1ccc(N(C)C)c(F)c1)NC1CCCC(S(=O)CC)C1. The number of hydrogen-bond donors (Lipinski definition) is 2. The first-order chi connectivity index (χ1) is 12.9. The first-order valence-electron chi connectivity index (χ1n) is 9.82. The van der Waals surface area contributed by atoms with Gasteiger partial charge in [0.2, 0.25) is 0 Å². The molecule has 0 heterocycles. The first-order valence-corrected chi connectivity index (χ1v) is 11.2. The van der Waals surface area contributed by atoms with Crippen LogP contribution < -0.4 is 15.5 Å². The van der Waals surface area contributed by atoms with Gasteiger partial charge in [0.1, 0.15) is 5.82 Å². The third kappa shape index (κ3) is 6.48. The van der Waals surface area contributed by atoms with E-state index in [1.165, 1.54) is 0 Å². The van der Waals surface area contributed by atoms with Crippen molar-refractivity contribution in [2.24, 2.45) is 4.99 Å². The Labute approximate surface area is 165 Å². The average molecular weight is 397 g/mol. The van der Waals surface area contributed by atoms with Crippen LogP contribution in [0, 0.1) is 5.82 Å². The molecule has 27 heavy (non-hydrogen) atoms. The molecule has 0 amide bonds. The molecule has 1 saturated carbocycles. The monoisotopic (exact) mass is 396 g/mol. The van der Waals surface area contributed by atoms with Crippen molar-refractivity contribution in [1.82, 2.24) is 10.6 Å². The Kier molecular flexibility index (Phi) is 8.54. The minimum Gasteiger partial charge on any atom is -0.375 e. The molecule has 5 nitrogen and oxygen atoms in total. The standard InChI is InChI=1S/C20H33FN4OS/c1-5-22-20(24-16-8-7-9-17(13-16)27(26)6-2)23-14-15-10-11-19(25(3)4)18(21)12-15/h10-12,16-17H,5-9,13-14H2,1-4H3,(H2,22,23,24). The van der Waals surface area contributed by atoms with Gasteiger partial charge < -0.3 is 15.5 Å². The predicted octanol–water partition coefficient (Wildman–Crippen LogP) is 3.03. The summed E-state index contributed by atoms with van der Waals surface area (Å²) in [4.78, 5) is 6.38. The Hall–Kier alpha value is -1.63. The molecular weight excluding hydrogens is 363 g/mol. The van der Waals surface area contributed by atoms with Gasteiger partial charge in [-0.25, -0.2) is 9.38 Å². The molecule has 3 unspecified atom stereocenters. The molecule has 1 aromatic rings. The van der Waals surface area contributed by atoms with Gasteiger partial charge in [0.05, 0.1) is 12.2 Å². The largest absolute Gasteiger partial charge is 0.375 e. The lowest BCUT2D eigenvalue weighted by atomic mass is 9.95. The molecule has 7 heteroatoms. The maximum Gasteiger partial charge on any atom is 0.191 e. The smallest absolute Gasteiger partial charge is 0.191 e. The summed E-state index contributed by atoms with van der Waals surface area (Å²) in [5, 5.41) is 7.02. The molecule has 1 aliphatic rings. The van der Waals surface area contributed by atoms with Gasteiger partial charge in [-0.2, -0.15) is 0 Å². The molecule has 0 radical (unpaired) electrons. The van der Waals surface area contributed by atoms with Gasteiger partial charge in [0, 0.05) is 48.5 Å². The number of benzene rings is 1. The zero-order valence-electron chi connectivity index (χ0n) is 16.9. The second-order valence-electron chi connectivity index (χ2n) is 7.17. The Morgan fingerprint density at radius 1 is 1.33 bits per heavy atom. The topological polar surface area (TPSA) is 56.7 Å². The summed E-state index contributed by atoms with van der Waals surface area (Å²) < 4.78 is 26.3. The van der Waals surface area contributed by atoms with Gasteiger partial charge in [0.15, 0.2) is 5.96 Å². The lowest BCUT2D eigenvalue weighted by Crippen LogP contribution is -2.46. The fraction of sp³-hybridized carbons (Fsp3) is 0.650. The van der Waals surface area contributed by atoms with E-state index < -0.39 is 10.8 Å². The summed E-state index contributed by atoms with van der Waals surface area (Å²) in [6.45, 7) is 5.19. The highest BCUT2D eigenvalue weighted by Gasteiger charge is 2.26. The summed E-state index contributed by atoms with van der Waals surface area (Å²) in [6, 6.07) is 5.52. The van der Waals surface area contributed by atoms with Crippen molar-refractivity contribution in [3.05, 3.63) is 29.6 Å². The zero-order valence-corrected chi connectivity index (χ0v) is 17.7. The molecule has 152 valence electrons. The van der Waals surface area contributed by atoms with Crippen LogP contribution >= 0.6 is 0 Å². The van der Waals surface area contributed by atoms with Crippen molar-refractivity contribution < 1.29 is 8.60 Å². The normalized spacial score (nSPS) is 21.6. The molecule has 0 spiro atoms. The highest BCUT2D eigenvalue weighted by molar-refractivity contribution is 7.85. The van der Waals surface area contributed by atoms with E-state index in [1.54, 1.807) is 17.0 Å². The van der Waals surface area contributed by atoms with Crippen LogP contribution in [-0.2, 0) is 17.3 Å². The van der Waals surface area contributed by atoms with Crippen LogP contribution in [0.5, 0.6) is 0 Å². The van der Waals surface area contributed by atoms with E-state index in [4.69, 9.17) is 0 Å². The fourth-order valence-electron chi connectivity index (χ4n) is 3.45. The minimum absolute atomic E-state index is 0.233. The Balaban J connectivity index is 2.01. The van der Waals surface area contributed by atoms with Crippen LogP contribution in [0.1, 0.15) is 45.1 Å². The van der Waals surface area contributed by atoms with Crippen molar-refractivity contribution in [1.29, 1.82) is 0 Å². The summed E-state index contributed by atoms with van der Waals surface area (Å²) in [7, 11) is 2.91. The first kappa shape index (κ1) is 21.7. The Morgan fingerprint density at radius 3 is 2.74 bits per heavy atom. The fourth-order valence-corrected chi connectivity index (χ4v) is 4.79. The van der Waals surface area contributed by atoms with Crippen LogP contribution in [-0.4, -0.2) is 47.9 Å². The maximum absolute atomic E-state index is 14.1. The van der Waals surface area contributed by atoms with Crippen LogP contribution in [0.2, 0.25) is 0 Å². The maximum atomic E-state index is 14.1. The number of rotatable bonds is 7. The average Bonchev–Trinajstić information content (AvgIpc) is 2.65. The minimum atomic E-state index is -0.741. The number of nitrogens with zero attached hydrogens (tertiary/aromatic N) is 2. The van der Waals surface area contributed by atoms with E-state index in [1.807, 2.05) is 34.0 Å². The second kappa shape index (κ2) is 10.6. The van der Waals surface area contributed by atoms with E-state index >= 15 is 0 Å². The van der Waals surface area contributed by atoms with Crippen LogP contribution in [0.25, 0.3) is 0 Å². The van der Waals surface area contributed by atoms with Crippen molar-refractivity contribution in [3.8, 4) is 0 Å². The molecule has 2 N–H and O–H groups in total. The number of hydrogen-bond acceptors (Lipinski definition) is 3. The lowest BCUT2D eigenvalue weighted by Gasteiger charge is -2.30. The van der Waals surface area contributed by atoms with Crippen LogP contribution in [0.3, 0.4) is 0 Å². The third-order valence-corrected chi connectivity index (χ3v) is 6.62. The van der Waals surface area contributed by atoms with E-state index in [0.717, 1.165) is 49.5 Å². The Bertz CT molecular complexity index is 665.